The highest BCUT2D eigenvalue weighted by Gasteiger charge is 2.22. The van der Waals surface area contributed by atoms with E-state index in [0.29, 0.717) is 23.4 Å². The number of para-hydroxylation sites is 2. The molecule has 0 amide bonds. The van der Waals surface area contributed by atoms with Crippen LogP contribution in [-0.2, 0) is 0 Å². The second-order valence-electron chi connectivity index (χ2n) is 15.1. The minimum atomic E-state index is 0.454. The molecule has 0 spiro atoms. The molecular weight excluding hydrogens is 699 g/mol. The van der Waals surface area contributed by atoms with Crippen molar-refractivity contribution in [2.75, 3.05) is 0 Å². The van der Waals surface area contributed by atoms with Gasteiger partial charge in [0.25, 0.3) is 0 Å². The normalized spacial score (nSPS) is 14.1. The van der Waals surface area contributed by atoms with Crippen LogP contribution < -0.4 is 0 Å². The summed E-state index contributed by atoms with van der Waals surface area (Å²) in [6.45, 7) is 2.31. The van der Waals surface area contributed by atoms with Crippen molar-refractivity contribution in [3.05, 3.63) is 169 Å². The summed E-state index contributed by atoms with van der Waals surface area (Å²) in [5.41, 5.74) is 11.1. The number of hydrogen-bond acceptors (Lipinski definition) is 5. The zero-order chi connectivity index (χ0) is 37.6. The van der Waals surface area contributed by atoms with Gasteiger partial charge in [0, 0.05) is 38.2 Å². The molecule has 1 atom stereocenters. The lowest BCUT2D eigenvalue weighted by molar-refractivity contribution is 0.668. The maximum atomic E-state index is 6.33. The second-order valence-corrected chi connectivity index (χ2v) is 15.1. The molecule has 0 radical (unpaired) electrons. The molecule has 0 fully saturated rings. The minimum absolute atomic E-state index is 0.454. The predicted molar refractivity (Wildman–Crippen MR) is 233 cm³/mol. The van der Waals surface area contributed by atoms with Crippen LogP contribution in [0.15, 0.2) is 167 Å². The van der Waals surface area contributed by atoms with Crippen LogP contribution in [0.4, 0.5) is 0 Å². The summed E-state index contributed by atoms with van der Waals surface area (Å²) < 4.78 is 12.6. The van der Waals surface area contributed by atoms with Crippen LogP contribution >= 0.6 is 0 Å². The Hall–Kier alpha value is -7.37. The number of furan rings is 2. The Labute approximate surface area is 327 Å². The molecule has 3 aromatic heterocycles. The lowest BCUT2D eigenvalue weighted by Crippen LogP contribution is -2.02. The van der Waals surface area contributed by atoms with E-state index >= 15 is 0 Å². The number of benzene rings is 8. The Morgan fingerprint density at radius 1 is 0.456 bits per heavy atom. The molecular formula is C52H33N3O2. The molecule has 12 rings (SSSR count). The number of nitrogens with zero attached hydrogens (tertiary/aromatic N) is 3. The molecule has 3 heterocycles. The standard InChI is InChI=1S/C52H33N3O2/c1-30-11-8-12-31-23-24-32-29-33(25-26-34(32)47(30)31)50-53-51(55-52(54-50)42-18-10-22-46-49(42)41-16-5-7-20-44(41)57-46)39-28-27-37(35-13-2-3-14-36(35)39)38-17-9-21-45-48(38)40-15-4-6-19-43(40)56-45/h2-10,12-30H,11H2,1H3. The minimum Gasteiger partial charge on any atom is -0.456 e. The Morgan fingerprint density at radius 2 is 1.04 bits per heavy atom. The van der Waals surface area contributed by atoms with Crippen LogP contribution in [0.2, 0.25) is 0 Å². The molecule has 8 aromatic carbocycles. The topological polar surface area (TPSA) is 65.0 Å². The van der Waals surface area contributed by atoms with Gasteiger partial charge < -0.3 is 8.83 Å². The summed E-state index contributed by atoms with van der Waals surface area (Å²) in [7, 11) is 0. The quantitative estimate of drug-likeness (QED) is 0.180. The number of hydrogen-bond donors (Lipinski definition) is 0. The summed E-state index contributed by atoms with van der Waals surface area (Å²) in [4.78, 5) is 15.9. The summed E-state index contributed by atoms with van der Waals surface area (Å²) in [6, 6.07) is 52.9. The number of allylic oxidation sites excluding steroid dienone is 1. The van der Waals surface area contributed by atoms with E-state index in [0.717, 1.165) is 88.9 Å². The Morgan fingerprint density at radius 3 is 1.77 bits per heavy atom. The highest BCUT2D eigenvalue weighted by molar-refractivity contribution is 6.16. The van der Waals surface area contributed by atoms with E-state index in [1.54, 1.807) is 0 Å². The summed E-state index contributed by atoms with van der Waals surface area (Å²) >= 11 is 0. The lowest BCUT2D eigenvalue weighted by Gasteiger charge is -2.20. The number of aromatic nitrogens is 3. The average molecular weight is 732 g/mol. The van der Waals surface area contributed by atoms with E-state index in [9.17, 15) is 0 Å². The summed E-state index contributed by atoms with van der Waals surface area (Å²) in [6.07, 6.45) is 5.57. The number of rotatable bonds is 4. The monoisotopic (exact) mass is 731 g/mol. The fourth-order valence-electron chi connectivity index (χ4n) is 9.16. The van der Waals surface area contributed by atoms with E-state index < -0.39 is 0 Å². The van der Waals surface area contributed by atoms with Crippen molar-refractivity contribution < 1.29 is 8.83 Å². The van der Waals surface area contributed by atoms with Crippen LogP contribution in [0.5, 0.6) is 0 Å². The molecule has 0 N–H and O–H groups in total. The SMILES string of the molecule is CC1CC=Cc2ccc3cc(-c4nc(-c5ccc(-c6cccc7oc8ccccc8c67)c6ccccc56)nc(-c5cccc6oc7ccccc7c56)n4)ccc3c21. The molecule has 0 saturated heterocycles. The third-order valence-corrected chi connectivity index (χ3v) is 11.8. The largest absolute Gasteiger partial charge is 0.456 e. The van der Waals surface area contributed by atoms with Crippen molar-refractivity contribution in [2.45, 2.75) is 19.3 Å². The van der Waals surface area contributed by atoms with Crippen molar-refractivity contribution >= 4 is 71.5 Å². The Kier molecular flexibility index (Phi) is 6.90. The Bertz CT molecular complexity index is 3480. The Balaban J connectivity index is 1.10. The molecule has 11 aromatic rings. The molecule has 1 unspecified atom stereocenters. The van der Waals surface area contributed by atoms with Crippen molar-refractivity contribution in [3.8, 4) is 45.3 Å². The third kappa shape index (κ3) is 4.92. The molecule has 0 saturated carbocycles. The average Bonchev–Trinajstić information content (AvgIpc) is 3.84. The molecule has 0 bridgehead atoms. The van der Waals surface area contributed by atoms with E-state index in [4.69, 9.17) is 23.8 Å². The van der Waals surface area contributed by atoms with Gasteiger partial charge in [-0.05, 0) is 92.5 Å². The van der Waals surface area contributed by atoms with Crippen molar-refractivity contribution in [1.29, 1.82) is 0 Å². The van der Waals surface area contributed by atoms with Gasteiger partial charge in [-0.25, -0.2) is 15.0 Å². The van der Waals surface area contributed by atoms with Crippen LogP contribution in [-0.4, -0.2) is 15.0 Å². The van der Waals surface area contributed by atoms with Crippen molar-refractivity contribution in [3.63, 3.8) is 0 Å². The molecule has 57 heavy (non-hydrogen) atoms. The molecule has 5 heteroatoms. The lowest BCUT2D eigenvalue weighted by atomic mass is 9.84. The fraction of sp³-hybridized carbons (Fsp3) is 0.0577. The highest BCUT2D eigenvalue weighted by Crippen LogP contribution is 2.43. The van der Waals surface area contributed by atoms with E-state index in [1.165, 1.54) is 21.9 Å². The van der Waals surface area contributed by atoms with Gasteiger partial charge in [-0.15, -0.1) is 0 Å². The van der Waals surface area contributed by atoms with Gasteiger partial charge in [-0.3, -0.25) is 0 Å². The van der Waals surface area contributed by atoms with Gasteiger partial charge in [0.15, 0.2) is 17.5 Å². The number of fused-ring (bicyclic) bond motifs is 10. The molecule has 5 nitrogen and oxygen atoms in total. The first-order valence-corrected chi connectivity index (χ1v) is 19.5. The first-order valence-electron chi connectivity index (χ1n) is 19.5. The maximum absolute atomic E-state index is 6.33. The smallest absolute Gasteiger partial charge is 0.164 e. The zero-order valence-corrected chi connectivity index (χ0v) is 31.0. The van der Waals surface area contributed by atoms with Gasteiger partial charge in [0.2, 0.25) is 0 Å². The van der Waals surface area contributed by atoms with Gasteiger partial charge in [-0.1, -0.05) is 134 Å². The van der Waals surface area contributed by atoms with Crippen molar-refractivity contribution in [1.82, 2.24) is 15.0 Å². The van der Waals surface area contributed by atoms with Crippen LogP contribution in [0.25, 0.3) is 117 Å². The van der Waals surface area contributed by atoms with Gasteiger partial charge >= 0.3 is 0 Å². The molecule has 268 valence electrons. The van der Waals surface area contributed by atoms with Gasteiger partial charge in [0.1, 0.15) is 22.3 Å². The third-order valence-electron chi connectivity index (χ3n) is 11.8. The van der Waals surface area contributed by atoms with E-state index in [-0.39, 0.29) is 0 Å². The molecule has 1 aliphatic rings. The highest BCUT2D eigenvalue weighted by atomic mass is 16.3. The van der Waals surface area contributed by atoms with Crippen molar-refractivity contribution in [2.24, 2.45) is 0 Å². The van der Waals surface area contributed by atoms with Gasteiger partial charge in [0.05, 0.1) is 0 Å². The van der Waals surface area contributed by atoms with E-state index in [1.807, 2.05) is 48.5 Å². The maximum Gasteiger partial charge on any atom is 0.164 e. The van der Waals surface area contributed by atoms with Gasteiger partial charge in [-0.2, -0.15) is 0 Å². The van der Waals surface area contributed by atoms with Crippen LogP contribution in [0, 0.1) is 0 Å². The van der Waals surface area contributed by atoms with Crippen LogP contribution in [0.3, 0.4) is 0 Å². The predicted octanol–water partition coefficient (Wildman–Crippen LogP) is 14.2. The second kappa shape index (κ2) is 12.3. The molecule has 1 aliphatic carbocycles. The zero-order valence-electron chi connectivity index (χ0n) is 31.0. The first kappa shape index (κ1) is 31.9. The fourth-order valence-corrected chi connectivity index (χ4v) is 9.16. The molecule has 0 aliphatic heterocycles. The summed E-state index contributed by atoms with van der Waals surface area (Å²) in [5, 5.41) is 8.85. The van der Waals surface area contributed by atoms with E-state index in [2.05, 4.69) is 122 Å². The summed E-state index contributed by atoms with van der Waals surface area (Å²) in [5.74, 6) is 2.28. The van der Waals surface area contributed by atoms with Crippen LogP contribution in [0.1, 0.15) is 30.4 Å². The first-order chi connectivity index (χ1) is 28.2.